The van der Waals surface area contributed by atoms with Crippen LogP contribution in [0.25, 0.3) is 11.2 Å². The lowest BCUT2D eigenvalue weighted by Crippen LogP contribution is -2.54. The second-order valence-electron chi connectivity index (χ2n) is 8.26. The van der Waals surface area contributed by atoms with Gasteiger partial charge >= 0.3 is 0 Å². The van der Waals surface area contributed by atoms with Crippen LogP contribution < -0.4 is 16.2 Å². The third-order valence-corrected chi connectivity index (χ3v) is 6.68. The van der Waals surface area contributed by atoms with Gasteiger partial charge in [-0.05, 0) is 31.0 Å². The Bertz CT molecular complexity index is 1480. The van der Waals surface area contributed by atoms with Crippen LogP contribution in [0, 0.1) is 16.7 Å². The third kappa shape index (κ3) is 2.56. The standard InChI is InChI=1S/C22H17ClN8O/c23-15-6-9-30-16(15)20(32)31(14-4-2-1-3-5-14)19(28-30)17-22(7-8-22)12-29(17)18-13(10-24)11-26-21(25)27-18/h1-6,9,11,17H,7-8,12H2,(H2,25,26,27)/t17-/m1/s1. The van der Waals surface area contributed by atoms with Gasteiger partial charge < -0.3 is 10.6 Å². The van der Waals surface area contributed by atoms with Gasteiger partial charge in [-0.15, -0.1) is 0 Å². The first-order chi connectivity index (χ1) is 15.5. The second kappa shape index (κ2) is 6.55. The van der Waals surface area contributed by atoms with Crippen LogP contribution in [0.15, 0.2) is 53.6 Å². The van der Waals surface area contributed by atoms with Crippen molar-refractivity contribution in [2.24, 2.45) is 5.41 Å². The van der Waals surface area contributed by atoms with E-state index in [4.69, 9.17) is 22.4 Å². The van der Waals surface area contributed by atoms with E-state index in [2.05, 4.69) is 16.0 Å². The van der Waals surface area contributed by atoms with Crippen molar-refractivity contribution in [1.29, 1.82) is 5.26 Å². The molecule has 3 aromatic heterocycles. The van der Waals surface area contributed by atoms with Crippen molar-refractivity contribution in [1.82, 2.24) is 24.1 Å². The molecule has 2 aliphatic rings. The van der Waals surface area contributed by atoms with Gasteiger partial charge in [0, 0.05) is 18.2 Å². The number of fused-ring (bicyclic) bond motifs is 1. The van der Waals surface area contributed by atoms with Crippen LogP contribution in [-0.2, 0) is 0 Å². The lowest BCUT2D eigenvalue weighted by Gasteiger charge is -2.49. The van der Waals surface area contributed by atoms with E-state index in [1.54, 1.807) is 16.8 Å². The highest BCUT2D eigenvalue weighted by molar-refractivity contribution is 6.33. The molecule has 10 heteroatoms. The fraction of sp³-hybridized carbons (Fsp3) is 0.227. The second-order valence-corrected chi connectivity index (χ2v) is 8.67. The third-order valence-electron chi connectivity index (χ3n) is 6.37. The molecular weight excluding hydrogens is 428 g/mol. The number of para-hydroxylation sites is 1. The number of benzene rings is 1. The predicted octanol–water partition coefficient (Wildman–Crippen LogP) is 2.72. The minimum absolute atomic E-state index is 0.0208. The molecule has 2 fully saturated rings. The summed E-state index contributed by atoms with van der Waals surface area (Å²) in [5, 5.41) is 14.8. The van der Waals surface area contributed by atoms with Crippen molar-refractivity contribution in [3.63, 3.8) is 0 Å². The number of halogens is 1. The number of hydrogen-bond donors (Lipinski definition) is 1. The molecule has 6 rings (SSSR count). The highest BCUT2D eigenvalue weighted by atomic mass is 35.5. The van der Waals surface area contributed by atoms with Crippen molar-refractivity contribution < 1.29 is 0 Å². The van der Waals surface area contributed by atoms with Crippen molar-refractivity contribution in [3.05, 3.63) is 75.6 Å². The molecule has 0 radical (unpaired) electrons. The predicted molar refractivity (Wildman–Crippen MR) is 119 cm³/mol. The summed E-state index contributed by atoms with van der Waals surface area (Å²) < 4.78 is 3.15. The summed E-state index contributed by atoms with van der Waals surface area (Å²) in [4.78, 5) is 23.9. The molecule has 1 aromatic carbocycles. The zero-order valence-electron chi connectivity index (χ0n) is 16.8. The summed E-state index contributed by atoms with van der Waals surface area (Å²) in [5.41, 5.74) is 6.92. The largest absolute Gasteiger partial charge is 0.368 e. The summed E-state index contributed by atoms with van der Waals surface area (Å²) in [6.07, 6.45) is 5.13. The van der Waals surface area contributed by atoms with Crippen LogP contribution >= 0.6 is 11.6 Å². The Hall–Kier alpha value is -3.90. The maximum absolute atomic E-state index is 13.6. The summed E-state index contributed by atoms with van der Waals surface area (Å²) in [7, 11) is 0. The molecule has 2 N–H and O–H groups in total. The highest BCUT2D eigenvalue weighted by Gasteiger charge is 2.63. The maximum atomic E-state index is 13.6. The van der Waals surface area contributed by atoms with E-state index in [9.17, 15) is 10.1 Å². The van der Waals surface area contributed by atoms with E-state index in [0.717, 1.165) is 12.8 Å². The van der Waals surface area contributed by atoms with Crippen molar-refractivity contribution in [2.45, 2.75) is 18.9 Å². The van der Waals surface area contributed by atoms with Crippen LogP contribution in [0.3, 0.4) is 0 Å². The number of nitriles is 1. The molecular formula is C22H17ClN8O. The van der Waals surface area contributed by atoms with Crippen LogP contribution in [0.2, 0.25) is 5.02 Å². The minimum atomic E-state index is -0.249. The number of rotatable bonds is 3. The molecule has 1 spiro atoms. The van der Waals surface area contributed by atoms with Crippen LogP contribution in [0.1, 0.15) is 30.3 Å². The number of nitrogen functional groups attached to an aromatic ring is 1. The molecule has 1 aliphatic carbocycles. The Morgan fingerprint density at radius 2 is 2.00 bits per heavy atom. The van der Waals surface area contributed by atoms with Crippen molar-refractivity contribution in [3.8, 4) is 11.8 Å². The van der Waals surface area contributed by atoms with Crippen molar-refractivity contribution >= 4 is 28.9 Å². The van der Waals surface area contributed by atoms with Gasteiger partial charge in [-0.25, -0.2) is 9.50 Å². The summed E-state index contributed by atoms with van der Waals surface area (Å²) in [6.45, 7) is 0.706. The van der Waals surface area contributed by atoms with Gasteiger partial charge in [-0.3, -0.25) is 9.36 Å². The molecule has 1 aliphatic heterocycles. The lowest BCUT2D eigenvalue weighted by molar-refractivity contribution is 0.251. The minimum Gasteiger partial charge on any atom is -0.368 e. The first kappa shape index (κ1) is 18.8. The quantitative estimate of drug-likeness (QED) is 0.516. The highest BCUT2D eigenvalue weighted by Crippen LogP contribution is 2.65. The Morgan fingerprint density at radius 3 is 2.72 bits per heavy atom. The number of anilines is 2. The number of hydrogen-bond acceptors (Lipinski definition) is 7. The van der Waals surface area contributed by atoms with Crippen molar-refractivity contribution in [2.75, 3.05) is 17.2 Å². The molecule has 1 saturated heterocycles. The lowest BCUT2D eigenvalue weighted by atomic mass is 9.83. The molecule has 9 nitrogen and oxygen atoms in total. The molecule has 1 saturated carbocycles. The number of nitrogens with zero attached hydrogens (tertiary/aromatic N) is 7. The molecule has 32 heavy (non-hydrogen) atoms. The van der Waals surface area contributed by atoms with Crippen LogP contribution in [0.4, 0.5) is 11.8 Å². The molecule has 0 unspecified atom stereocenters. The van der Waals surface area contributed by atoms with Gasteiger partial charge in [0.1, 0.15) is 17.1 Å². The van der Waals surface area contributed by atoms with E-state index >= 15 is 0 Å². The number of nitrogens with two attached hydrogens (primary N) is 1. The van der Waals surface area contributed by atoms with Gasteiger partial charge in [0.25, 0.3) is 5.56 Å². The molecule has 4 aromatic rings. The summed E-state index contributed by atoms with van der Waals surface area (Å²) >= 11 is 6.32. The SMILES string of the molecule is N#Cc1cnc(N)nc1N1CC2(CC2)[C@H]1c1nn2ccc(Cl)c2c(=O)n1-c1ccccc1. The van der Waals surface area contributed by atoms with E-state index in [-0.39, 0.29) is 23.0 Å². The fourth-order valence-corrected chi connectivity index (χ4v) is 4.90. The zero-order chi connectivity index (χ0) is 22.0. The average molecular weight is 445 g/mol. The zero-order valence-corrected chi connectivity index (χ0v) is 17.6. The Balaban J connectivity index is 1.61. The molecule has 4 heterocycles. The number of aromatic nitrogens is 5. The molecule has 0 bridgehead atoms. The first-order valence-corrected chi connectivity index (χ1v) is 10.5. The summed E-state index contributed by atoms with van der Waals surface area (Å²) in [6, 6.07) is 12.9. The first-order valence-electron chi connectivity index (χ1n) is 10.2. The Morgan fingerprint density at radius 1 is 1.22 bits per heavy atom. The van der Waals surface area contributed by atoms with E-state index < -0.39 is 0 Å². The normalized spacial score (nSPS) is 18.5. The Kier molecular flexibility index (Phi) is 3.85. The van der Waals surface area contributed by atoms with Crippen LogP contribution in [-0.4, -0.2) is 30.7 Å². The van der Waals surface area contributed by atoms with Gasteiger partial charge in [0.05, 0.1) is 22.9 Å². The van der Waals surface area contributed by atoms with Gasteiger partial charge in [-0.2, -0.15) is 15.3 Å². The van der Waals surface area contributed by atoms with Gasteiger partial charge in [0.2, 0.25) is 5.95 Å². The topological polar surface area (TPSA) is 118 Å². The van der Waals surface area contributed by atoms with E-state index in [1.165, 1.54) is 10.7 Å². The Labute approximate surface area is 187 Å². The average Bonchev–Trinajstić information content (AvgIpc) is 3.51. The molecule has 158 valence electrons. The maximum Gasteiger partial charge on any atom is 0.284 e. The van der Waals surface area contributed by atoms with E-state index in [1.807, 2.05) is 35.2 Å². The fourth-order valence-electron chi connectivity index (χ4n) is 4.67. The molecule has 0 amide bonds. The van der Waals surface area contributed by atoms with Crippen LogP contribution in [0.5, 0.6) is 0 Å². The smallest absolute Gasteiger partial charge is 0.284 e. The van der Waals surface area contributed by atoms with Gasteiger partial charge in [-0.1, -0.05) is 29.8 Å². The summed E-state index contributed by atoms with van der Waals surface area (Å²) in [5.74, 6) is 1.13. The van der Waals surface area contributed by atoms with Gasteiger partial charge in [0.15, 0.2) is 11.6 Å². The molecule has 1 atom stereocenters. The monoisotopic (exact) mass is 444 g/mol. The van der Waals surface area contributed by atoms with E-state index in [0.29, 0.717) is 40.0 Å².